The average molecular weight is 293 g/mol. The molecule has 1 aliphatic rings. The van der Waals surface area contributed by atoms with Gasteiger partial charge in [-0.1, -0.05) is 59.8 Å². The SMILES string of the molecule is CCO/N=C(\c1ccccc1)C1C(=O)c2ccccc2C1=O. The summed E-state index contributed by atoms with van der Waals surface area (Å²) in [6.45, 7) is 2.18. The molecule has 0 radical (unpaired) electrons. The Bertz CT molecular complexity index is 715. The number of nitrogens with zero attached hydrogens (tertiary/aromatic N) is 1. The highest BCUT2D eigenvalue weighted by atomic mass is 16.6. The molecule has 0 unspecified atom stereocenters. The van der Waals surface area contributed by atoms with Crippen LogP contribution in [0.2, 0.25) is 0 Å². The summed E-state index contributed by atoms with van der Waals surface area (Å²) in [7, 11) is 0. The first-order chi connectivity index (χ1) is 10.7. The van der Waals surface area contributed by atoms with E-state index in [0.717, 1.165) is 5.56 Å². The Hall–Kier alpha value is -2.75. The molecule has 110 valence electrons. The van der Waals surface area contributed by atoms with Gasteiger partial charge in [0.2, 0.25) is 0 Å². The summed E-state index contributed by atoms with van der Waals surface area (Å²) in [4.78, 5) is 30.4. The Morgan fingerprint density at radius 1 is 0.955 bits per heavy atom. The fraction of sp³-hybridized carbons (Fsp3) is 0.167. The van der Waals surface area contributed by atoms with Gasteiger partial charge in [-0.25, -0.2) is 0 Å². The van der Waals surface area contributed by atoms with Crippen LogP contribution in [0.15, 0.2) is 59.8 Å². The van der Waals surface area contributed by atoms with Crippen molar-refractivity contribution in [2.75, 3.05) is 6.61 Å². The van der Waals surface area contributed by atoms with Gasteiger partial charge in [-0.15, -0.1) is 0 Å². The predicted octanol–water partition coefficient (Wildman–Crippen LogP) is 3.12. The van der Waals surface area contributed by atoms with Gasteiger partial charge in [-0.2, -0.15) is 0 Å². The first-order valence-corrected chi connectivity index (χ1v) is 7.16. The van der Waals surface area contributed by atoms with E-state index in [1.807, 2.05) is 30.3 Å². The van der Waals surface area contributed by atoms with E-state index in [2.05, 4.69) is 5.16 Å². The largest absolute Gasteiger partial charge is 0.396 e. The molecule has 0 fully saturated rings. The smallest absolute Gasteiger partial charge is 0.180 e. The van der Waals surface area contributed by atoms with Gasteiger partial charge < -0.3 is 4.84 Å². The third-order valence-electron chi connectivity index (χ3n) is 3.62. The van der Waals surface area contributed by atoms with Crippen molar-refractivity contribution in [3.63, 3.8) is 0 Å². The topological polar surface area (TPSA) is 55.7 Å². The molecule has 2 aromatic carbocycles. The lowest BCUT2D eigenvalue weighted by Gasteiger charge is -2.11. The van der Waals surface area contributed by atoms with Gasteiger partial charge in [0, 0.05) is 16.7 Å². The van der Waals surface area contributed by atoms with Gasteiger partial charge in [0.25, 0.3) is 0 Å². The van der Waals surface area contributed by atoms with Crippen LogP contribution in [0, 0.1) is 5.92 Å². The van der Waals surface area contributed by atoms with Crippen LogP contribution >= 0.6 is 0 Å². The molecule has 0 amide bonds. The number of ketones is 2. The molecule has 0 bridgehead atoms. The van der Waals surface area contributed by atoms with Crippen LogP contribution in [-0.2, 0) is 4.84 Å². The molecule has 4 heteroatoms. The summed E-state index contributed by atoms with van der Waals surface area (Å²) in [5.74, 6) is -1.36. The standard InChI is InChI=1S/C18H15NO3/c1-2-22-19-16(12-8-4-3-5-9-12)15-17(20)13-10-6-7-11-14(13)18(15)21/h3-11,15H,2H2,1H3/b19-16+. The molecular formula is C18H15NO3. The van der Waals surface area contributed by atoms with Crippen LogP contribution in [-0.4, -0.2) is 23.9 Å². The second-order valence-corrected chi connectivity index (χ2v) is 4.97. The number of Topliss-reactive ketones (excluding diaryl/α,β-unsaturated/α-hetero) is 2. The number of hydrogen-bond acceptors (Lipinski definition) is 4. The zero-order valence-electron chi connectivity index (χ0n) is 12.2. The lowest BCUT2D eigenvalue weighted by Crippen LogP contribution is -2.27. The third-order valence-corrected chi connectivity index (χ3v) is 3.62. The molecule has 0 atom stereocenters. The molecule has 22 heavy (non-hydrogen) atoms. The highest BCUT2D eigenvalue weighted by Crippen LogP contribution is 2.29. The highest BCUT2D eigenvalue weighted by Gasteiger charge is 2.42. The van der Waals surface area contributed by atoms with Gasteiger partial charge in [0.1, 0.15) is 18.2 Å². The second kappa shape index (κ2) is 5.93. The summed E-state index contributed by atoms with van der Waals surface area (Å²) in [5, 5.41) is 4.05. The Balaban J connectivity index is 2.07. The van der Waals surface area contributed by atoms with Gasteiger partial charge in [-0.05, 0) is 6.92 Å². The Kier molecular flexibility index (Phi) is 3.83. The van der Waals surface area contributed by atoms with Crippen LogP contribution in [0.25, 0.3) is 0 Å². The van der Waals surface area contributed by atoms with Crippen molar-refractivity contribution < 1.29 is 14.4 Å². The molecule has 2 aromatic rings. The van der Waals surface area contributed by atoms with Gasteiger partial charge >= 0.3 is 0 Å². The van der Waals surface area contributed by atoms with Crippen molar-refractivity contribution in [2.45, 2.75) is 6.92 Å². The Labute approximate surface area is 128 Å². The summed E-state index contributed by atoms with van der Waals surface area (Å²) in [6, 6.07) is 16.1. The van der Waals surface area contributed by atoms with Crippen molar-refractivity contribution in [1.29, 1.82) is 0 Å². The van der Waals surface area contributed by atoms with Crippen molar-refractivity contribution in [3.8, 4) is 0 Å². The summed E-state index contributed by atoms with van der Waals surface area (Å²) in [6.07, 6.45) is 0. The van der Waals surface area contributed by atoms with Gasteiger partial charge in [0.05, 0.1) is 0 Å². The van der Waals surface area contributed by atoms with E-state index < -0.39 is 5.92 Å². The normalized spacial score (nSPS) is 15.0. The van der Waals surface area contributed by atoms with E-state index in [9.17, 15) is 9.59 Å². The van der Waals surface area contributed by atoms with E-state index in [1.165, 1.54) is 0 Å². The fourth-order valence-electron chi connectivity index (χ4n) is 2.61. The van der Waals surface area contributed by atoms with E-state index in [0.29, 0.717) is 23.4 Å². The maximum atomic E-state index is 12.6. The molecule has 0 aliphatic heterocycles. The van der Waals surface area contributed by atoms with Crippen molar-refractivity contribution in [1.82, 2.24) is 0 Å². The molecule has 3 rings (SSSR count). The van der Waals surface area contributed by atoms with E-state index >= 15 is 0 Å². The minimum atomic E-state index is -0.925. The molecule has 0 saturated carbocycles. The maximum Gasteiger partial charge on any atom is 0.180 e. The second-order valence-electron chi connectivity index (χ2n) is 4.97. The first-order valence-electron chi connectivity index (χ1n) is 7.16. The first kappa shape index (κ1) is 14.2. The van der Waals surface area contributed by atoms with Crippen LogP contribution < -0.4 is 0 Å². The molecule has 0 heterocycles. The molecule has 0 spiro atoms. The zero-order chi connectivity index (χ0) is 15.5. The monoisotopic (exact) mass is 293 g/mol. The van der Waals surface area contributed by atoms with Crippen molar-refractivity contribution >= 4 is 17.3 Å². The van der Waals surface area contributed by atoms with Crippen LogP contribution in [0.1, 0.15) is 33.2 Å². The number of carbonyl (C=O) groups excluding carboxylic acids is 2. The van der Waals surface area contributed by atoms with Crippen LogP contribution in [0.3, 0.4) is 0 Å². The number of rotatable bonds is 4. The lowest BCUT2D eigenvalue weighted by molar-refractivity contribution is 0.0876. The number of fused-ring (bicyclic) bond motifs is 1. The van der Waals surface area contributed by atoms with Crippen molar-refractivity contribution in [2.24, 2.45) is 11.1 Å². The molecule has 0 N–H and O–H groups in total. The summed E-state index contributed by atoms with van der Waals surface area (Å²) in [5.41, 5.74) is 2.00. The third kappa shape index (κ3) is 2.33. The van der Waals surface area contributed by atoms with Gasteiger partial charge in [-0.3, -0.25) is 9.59 Å². The number of oxime groups is 1. The van der Waals surface area contributed by atoms with E-state index in [-0.39, 0.29) is 11.6 Å². The molecule has 0 saturated heterocycles. The molecule has 0 aromatic heterocycles. The van der Waals surface area contributed by atoms with E-state index in [4.69, 9.17) is 4.84 Å². The Morgan fingerprint density at radius 3 is 2.05 bits per heavy atom. The summed E-state index contributed by atoms with van der Waals surface area (Å²) >= 11 is 0. The lowest BCUT2D eigenvalue weighted by atomic mass is 9.92. The number of benzene rings is 2. The molecule has 4 nitrogen and oxygen atoms in total. The molecule has 1 aliphatic carbocycles. The maximum absolute atomic E-state index is 12.6. The van der Waals surface area contributed by atoms with Gasteiger partial charge in [0.15, 0.2) is 11.6 Å². The van der Waals surface area contributed by atoms with Crippen LogP contribution in [0.5, 0.6) is 0 Å². The fourth-order valence-corrected chi connectivity index (χ4v) is 2.61. The number of carbonyl (C=O) groups is 2. The minimum Gasteiger partial charge on any atom is -0.396 e. The average Bonchev–Trinajstić information content (AvgIpc) is 2.82. The zero-order valence-corrected chi connectivity index (χ0v) is 12.2. The summed E-state index contributed by atoms with van der Waals surface area (Å²) < 4.78 is 0. The highest BCUT2D eigenvalue weighted by molar-refractivity contribution is 6.38. The quantitative estimate of drug-likeness (QED) is 0.494. The minimum absolute atomic E-state index is 0.220. The van der Waals surface area contributed by atoms with Crippen molar-refractivity contribution in [3.05, 3.63) is 71.3 Å². The number of hydrogen-bond donors (Lipinski definition) is 0. The Morgan fingerprint density at radius 2 is 1.50 bits per heavy atom. The van der Waals surface area contributed by atoms with E-state index in [1.54, 1.807) is 31.2 Å². The molecular weight excluding hydrogens is 278 g/mol. The predicted molar refractivity (Wildman–Crippen MR) is 83.2 cm³/mol. The van der Waals surface area contributed by atoms with Crippen LogP contribution in [0.4, 0.5) is 0 Å².